The second-order valence-corrected chi connectivity index (χ2v) is 23.6. The smallest absolute Gasteiger partial charge is 0.269 e. The number of nitrogens with zero attached hydrogens (tertiary/aromatic N) is 4. The van der Waals surface area contributed by atoms with E-state index in [1.165, 1.54) is 20.7 Å². The molecule has 76 heavy (non-hydrogen) atoms. The van der Waals surface area contributed by atoms with Crippen molar-refractivity contribution in [1.82, 2.24) is 14.1 Å². The summed E-state index contributed by atoms with van der Waals surface area (Å²) in [6.07, 6.45) is 5.37. The number of hydrogen-bond acceptors (Lipinski definition) is 2. The molecule has 0 unspecified atom stereocenters. The molecule has 13 aromatic rings. The molecule has 0 atom stereocenters. The standard InChI is InChI=1S/C70H54N4OSi/c1-70(2,3)52-43-44-71-68(45-52)74-66-47-55(39-41-62(66)63-42-40-59(48-67(63)74)76(56-29-13-6-14-30-56,57-31-15-7-16-32-57)58-33-17-8-18-34-58)75-54-28-21-27-53(46-54)72-49-73(65-38-20-19-37-64(65)72)69-60(50-23-9-4-10-24-50)35-22-36-61(69)51-25-11-5-12-26-51/h4-48H,1-3H3/i4D,5D,9D,10D,11D,12D,23D,24D,25D,26D. The Kier molecular flexibility index (Phi) is 9.21. The quantitative estimate of drug-likeness (QED) is 0.0560. The zero-order valence-electron chi connectivity index (χ0n) is 51.9. The molecule has 13 rings (SSSR count). The predicted molar refractivity (Wildman–Crippen MR) is 315 cm³/mol. The largest absolute Gasteiger partial charge is 0.458 e. The van der Waals surface area contributed by atoms with Crippen molar-refractivity contribution in [3.8, 4) is 50.9 Å². The van der Waals surface area contributed by atoms with E-state index >= 15 is 0 Å². The molecule has 6 heteroatoms. The van der Waals surface area contributed by atoms with Gasteiger partial charge in [0.05, 0.1) is 47.1 Å². The van der Waals surface area contributed by atoms with Crippen molar-refractivity contribution in [2.75, 3.05) is 0 Å². The van der Waals surface area contributed by atoms with Crippen LogP contribution in [0.15, 0.2) is 273 Å². The number of benzene rings is 10. The van der Waals surface area contributed by atoms with Crippen molar-refractivity contribution >= 4 is 61.7 Å². The van der Waals surface area contributed by atoms with Crippen molar-refractivity contribution in [3.05, 3.63) is 285 Å². The third-order valence-electron chi connectivity index (χ3n) is 14.3. The first-order valence-electron chi connectivity index (χ1n) is 30.2. The second-order valence-electron chi connectivity index (χ2n) is 19.8. The summed E-state index contributed by atoms with van der Waals surface area (Å²) in [7, 11) is -2.95. The van der Waals surface area contributed by atoms with Gasteiger partial charge in [0.15, 0.2) is 8.07 Å². The molecule has 0 spiro atoms. The zero-order chi connectivity index (χ0) is 59.9. The number of fused-ring (bicyclic) bond motifs is 4. The molecule has 0 radical (unpaired) electrons. The Morgan fingerprint density at radius 3 is 1.67 bits per heavy atom. The summed E-state index contributed by atoms with van der Waals surface area (Å²) < 4.78 is 100. The minimum atomic E-state index is -2.95. The van der Waals surface area contributed by atoms with Gasteiger partial charge in [-0.15, -0.1) is 0 Å². The zero-order valence-corrected chi connectivity index (χ0v) is 42.9. The van der Waals surface area contributed by atoms with Crippen molar-refractivity contribution in [2.45, 2.75) is 26.2 Å². The number of hydrogen-bond donors (Lipinski definition) is 0. The number of aromatic nitrogens is 4. The summed E-state index contributed by atoms with van der Waals surface area (Å²) in [5.74, 6) is 1.84. The van der Waals surface area contributed by atoms with Crippen LogP contribution in [-0.2, 0) is 5.41 Å². The van der Waals surface area contributed by atoms with Crippen molar-refractivity contribution in [3.63, 3.8) is 0 Å². The molecule has 0 amide bonds. The van der Waals surface area contributed by atoms with Crippen molar-refractivity contribution in [1.29, 1.82) is 0 Å². The van der Waals surface area contributed by atoms with E-state index in [-0.39, 0.29) is 33.4 Å². The van der Waals surface area contributed by atoms with E-state index in [1.54, 1.807) is 22.8 Å². The predicted octanol–water partition coefficient (Wildman–Crippen LogP) is 14.0. The van der Waals surface area contributed by atoms with Crippen LogP contribution >= 0.6 is 0 Å². The highest BCUT2D eigenvalue weighted by atomic mass is 28.3. The summed E-state index contributed by atoms with van der Waals surface area (Å²) in [5, 5.41) is 7.09. The maximum atomic E-state index is 9.11. The lowest BCUT2D eigenvalue weighted by Crippen LogP contribution is -2.74. The normalized spacial score (nSPS) is 13.7. The minimum absolute atomic E-state index is 0.135. The number of rotatable bonds is 11. The van der Waals surface area contributed by atoms with Crippen LogP contribution in [-0.4, -0.2) is 22.2 Å². The summed E-state index contributed by atoms with van der Waals surface area (Å²) in [4.78, 5) is 5.09. The molecular weight excluding hydrogens is 941 g/mol. The van der Waals surface area contributed by atoms with Gasteiger partial charge in [-0.3, -0.25) is 13.7 Å². The molecule has 5 nitrogen and oxygen atoms in total. The van der Waals surface area contributed by atoms with Gasteiger partial charge in [-0.2, -0.15) is 0 Å². The molecule has 0 aliphatic rings. The van der Waals surface area contributed by atoms with Gasteiger partial charge in [-0.05, 0) is 103 Å². The van der Waals surface area contributed by atoms with Gasteiger partial charge in [-0.25, -0.2) is 4.98 Å². The number of para-hydroxylation sites is 3. The molecule has 364 valence electrons. The van der Waals surface area contributed by atoms with E-state index in [4.69, 9.17) is 23.4 Å². The highest BCUT2D eigenvalue weighted by Gasteiger charge is 2.41. The van der Waals surface area contributed by atoms with E-state index in [9.17, 15) is 0 Å². The van der Waals surface area contributed by atoms with E-state index in [2.05, 4.69) is 165 Å². The number of imidazole rings is 1. The molecule has 0 aliphatic heterocycles. The monoisotopic (exact) mass is 1000 g/mol. The van der Waals surface area contributed by atoms with Crippen LogP contribution in [0.5, 0.6) is 11.5 Å². The molecule has 3 heterocycles. The third kappa shape index (κ3) is 8.11. The Morgan fingerprint density at radius 1 is 0.500 bits per heavy atom. The van der Waals surface area contributed by atoms with Gasteiger partial charge in [-0.1, -0.05) is 233 Å². The fraction of sp³-hybridized carbons (Fsp3) is 0.0571. The number of pyridine rings is 1. The Balaban J connectivity index is 0.983. The lowest BCUT2D eigenvalue weighted by molar-refractivity contribution is -0.571. The van der Waals surface area contributed by atoms with Gasteiger partial charge in [0.1, 0.15) is 17.3 Å². The van der Waals surface area contributed by atoms with Crippen LogP contribution in [0.4, 0.5) is 0 Å². The Morgan fingerprint density at radius 2 is 1.05 bits per heavy atom. The minimum Gasteiger partial charge on any atom is -0.458 e. The Hall–Kier alpha value is -9.36. The Bertz CT molecular complexity index is 4610. The fourth-order valence-electron chi connectivity index (χ4n) is 10.8. The Labute approximate surface area is 458 Å². The van der Waals surface area contributed by atoms with Crippen molar-refractivity contribution in [2.24, 2.45) is 0 Å². The fourth-order valence-corrected chi connectivity index (χ4v) is 15.6. The van der Waals surface area contributed by atoms with E-state index in [0.29, 0.717) is 28.2 Å². The van der Waals surface area contributed by atoms with Gasteiger partial charge < -0.3 is 4.74 Å². The van der Waals surface area contributed by atoms with Crippen LogP contribution in [0, 0.1) is 6.33 Å². The van der Waals surface area contributed by atoms with Crippen LogP contribution in [0.3, 0.4) is 0 Å². The lowest BCUT2D eigenvalue weighted by atomic mass is 9.88. The average molecular weight is 1010 g/mol. The number of ether oxygens (including phenoxy) is 1. The molecule has 0 fully saturated rings. The van der Waals surface area contributed by atoms with Crippen molar-refractivity contribution < 1.29 is 23.0 Å². The van der Waals surface area contributed by atoms with Crippen LogP contribution in [0.2, 0.25) is 0 Å². The lowest BCUT2D eigenvalue weighted by Gasteiger charge is -2.34. The molecule has 0 aliphatic carbocycles. The van der Waals surface area contributed by atoms with E-state index in [0.717, 1.165) is 33.2 Å². The maximum absolute atomic E-state index is 9.11. The van der Waals surface area contributed by atoms with Crippen LogP contribution < -0.4 is 30.1 Å². The van der Waals surface area contributed by atoms with Gasteiger partial charge in [0.2, 0.25) is 0 Å². The first-order chi connectivity index (χ1) is 41.5. The van der Waals surface area contributed by atoms with E-state index in [1.807, 2.05) is 65.4 Å². The summed E-state index contributed by atoms with van der Waals surface area (Å²) in [5.41, 5.74) is 4.90. The van der Waals surface area contributed by atoms with Crippen LogP contribution in [0.1, 0.15) is 40.0 Å². The highest BCUT2D eigenvalue weighted by molar-refractivity contribution is 7.20. The molecule has 0 saturated heterocycles. The van der Waals surface area contributed by atoms with Gasteiger partial charge >= 0.3 is 0 Å². The SMILES string of the molecule is [2H]c1c([2H])c([2H])c(-c2cccc(-c3c([2H])c([2H])c([2H])c([2H])c3[2H])c2-[n+]2[c-]n(-c3cccc(Oc4ccc5c6ccc([Si](c7ccccc7)(c7ccccc7)c7ccccc7)cc6n(-c6cc(C(C)(C)C)ccn6)c5c4)c3)c3ccccc32)c([2H])c1[2H]. The second kappa shape index (κ2) is 19.2. The topological polar surface area (TPSA) is 35.9 Å². The molecule has 0 N–H and O–H groups in total. The molecular formula is C70H54N4OSi. The molecule has 0 bridgehead atoms. The molecule has 10 aromatic carbocycles. The van der Waals surface area contributed by atoms with E-state index < -0.39 is 68.5 Å². The van der Waals surface area contributed by atoms with Crippen LogP contribution in [0.25, 0.3) is 72.3 Å². The average Bonchev–Trinajstić information content (AvgIpc) is 1.71. The molecule has 3 aromatic heterocycles. The summed E-state index contributed by atoms with van der Waals surface area (Å²) in [6.45, 7) is 6.61. The molecule has 0 saturated carbocycles. The summed E-state index contributed by atoms with van der Waals surface area (Å²) in [6, 6.07) is 64.5. The summed E-state index contributed by atoms with van der Waals surface area (Å²) >= 11 is 0. The third-order valence-corrected chi connectivity index (χ3v) is 19.1. The van der Waals surface area contributed by atoms with Gasteiger partial charge in [0.25, 0.3) is 6.33 Å². The van der Waals surface area contributed by atoms with Gasteiger partial charge in [0, 0.05) is 23.0 Å². The first kappa shape index (κ1) is 36.5. The first-order valence-corrected chi connectivity index (χ1v) is 27.2. The highest BCUT2D eigenvalue weighted by Crippen LogP contribution is 2.38. The maximum Gasteiger partial charge on any atom is 0.269 e.